The maximum Gasteiger partial charge on any atom is 0.314 e. The number of carboxylic acid groups (broad SMARTS) is 1. The topological polar surface area (TPSA) is 37.3 Å². The zero-order chi connectivity index (χ0) is 9.76. The predicted octanol–water partition coefficient (Wildman–Crippen LogP) is 2.29. The summed E-state index contributed by atoms with van der Waals surface area (Å²) in [6, 6.07) is 8.03. The zero-order valence-electron chi connectivity index (χ0n) is 7.86. The Balaban J connectivity index is 2.24. The highest BCUT2D eigenvalue weighted by atomic mass is 16.4. The van der Waals surface area contributed by atoms with Gasteiger partial charge in [-0.3, -0.25) is 4.79 Å². The van der Waals surface area contributed by atoms with Gasteiger partial charge in [0.1, 0.15) is 0 Å². The zero-order valence-corrected chi connectivity index (χ0v) is 7.86. The van der Waals surface area contributed by atoms with Gasteiger partial charge in [0.25, 0.3) is 0 Å². The minimum Gasteiger partial charge on any atom is -0.481 e. The van der Waals surface area contributed by atoms with Crippen molar-refractivity contribution in [2.75, 3.05) is 0 Å². The third-order valence-electron chi connectivity index (χ3n) is 3.84. The van der Waals surface area contributed by atoms with Gasteiger partial charge in [-0.2, -0.15) is 0 Å². The molecule has 0 amide bonds. The van der Waals surface area contributed by atoms with Gasteiger partial charge in [0.15, 0.2) is 0 Å². The minimum atomic E-state index is -0.634. The van der Waals surface area contributed by atoms with Crippen LogP contribution in [-0.4, -0.2) is 11.1 Å². The van der Waals surface area contributed by atoms with Crippen LogP contribution >= 0.6 is 0 Å². The molecule has 0 aromatic heterocycles. The van der Waals surface area contributed by atoms with E-state index in [1.165, 1.54) is 5.56 Å². The third kappa shape index (κ3) is 0.746. The van der Waals surface area contributed by atoms with Crippen molar-refractivity contribution in [3.8, 4) is 0 Å². The molecule has 0 spiro atoms. The van der Waals surface area contributed by atoms with Gasteiger partial charge in [0, 0.05) is 0 Å². The van der Waals surface area contributed by atoms with Crippen LogP contribution in [0.2, 0.25) is 0 Å². The average Bonchev–Trinajstić information content (AvgIpc) is 2.75. The second-order valence-electron chi connectivity index (χ2n) is 4.41. The van der Waals surface area contributed by atoms with Crippen LogP contribution in [0.1, 0.15) is 36.3 Å². The van der Waals surface area contributed by atoms with Gasteiger partial charge in [0.2, 0.25) is 0 Å². The Morgan fingerprint density at radius 1 is 1.43 bits per heavy atom. The molecule has 2 nitrogen and oxygen atoms in total. The lowest BCUT2D eigenvalue weighted by atomic mass is 9.79. The number of carboxylic acids is 1. The summed E-state index contributed by atoms with van der Waals surface area (Å²) in [6.07, 6.45) is 2.69. The SMILES string of the molecule is O=C(O)[C@]12CC[C@H](C1)c1ccccc12. The molecule has 2 heteroatoms. The van der Waals surface area contributed by atoms with Crippen molar-refractivity contribution in [2.24, 2.45) is 0 Å². The Kier molecular flexibility index (Phi) is 1.37. The lowest BCUT2D eigenvalue weighted by Crippen LogP contribution is -2.31. The number of hydrogen-bond acceptors (Lipinski definition) is 1. The number of hydrogen-bond donors (Lipinski definition) is 1. The van der Waals surface area contributed by atoms with Crippen LogP contribution in [0.5, 0.6) is 0 Å². The number of fused-ring (bicyclic) bond motifs is 5. The summed E-state index contributed by atoms with van der Waals surface area (Å²) in [5.41, 5.74) is 1.81. The fraction of sp³-hybridized carbons (Fsp3) is 0.417. The van der Waals surface area contributed by atoms with E-state index >= 15 is 0 Å². The molecule has 1 N–H and O–H groups in total. The molecular weight excluding hydrogens is 176 g/mol. The highest BCUT2D eigenvalue weighted by molar-refractivity contribution is 5.84. The Labute approximate surface area is 82.6 Å². The van der Waals surface area contributed by atoms with Gasteiger partial charge in [-0.1, -0.05) is 24.3 Å². The monoisotopic (exact) mass is 188 g/mol. The van der Waals surface area contributed by atoms with E-state index in [1.807, 2.05) is 18.2 Å². The van der Waals surface area contributed by atoms with Gasteiger partial charge in [-0.05, 0) is 36.3 Å². The highest BCUT2D eigenvalue weighted by Crippen LogP contribution is 2.57. The van der Waals surface area contributed by atoms with Crippen LogP contribution in [-0.2, 0) is 10.2 Å². The van der Waals surface area contributed by atoms with Crippen molar-refractivity contribution in [3.63, 3.8) is 0 Å². The van der Waals surface area contributed by atoms with E-state index < -0.39 is 11.4 Å². The Morgan fingerprint density at radius 2 is 2.21 bits per heavy atom. The quantitative estimate of drug-likeness (QED) is 0.734. The third-order valence-corrected chi connectivity index (χ3v) is 3.84. The first kappa shape index (κ1) is 8.04. The molecule has 72 valence electrons. The molecule has 1 aromatic carbocycles. The normalized spacial score (nSPS) is 33.0. The second kappa shape index (κ2) is 2.38. The second-order valence-corrected chi connectivity index (χ2v) is 4.41. The molecule has 1 saturated carbocycles. The number of aliphatic carboxylic acids is 1. The molecule has 2 bridgehead atoms. The van der Waals surface area contributed by atoms with Gasteiger partial charge in [-0.15, -0.1) is 0 Å². The van der Waals surface area contributed by atoms with Crippen LogP contribution in [0.4, 0.5) is 0 Å². The van der Waals surface area contributed by atoms with E-state index in [0.29, 0.717) is 5.92 Å². The van der Waals surface area contributed by atoms with Crippen molar-refractivity contribution in [2.45, 2.75) is 30.6 Å². The first-order valence-electron chi connectivity index (χ1n) is 5.07. The molecular formula is C12H12O2. The summed E-state index contributed by atoms with van der Waals surface area (Å²) < 4.78 is 0. The highest BCUT2D eigenvalue weighted by Gasteiger charge is 2.53. The van der Waals surface area contributed by atoms with E-state index in [1.54, 1.807) is 0 Å². The molecule has 0 heterocycles. The van der Waals surface area contributed by atoms with E-state index in [9.17, 15) is 9.90 Å². The minimum absolute atomic E-state index is 0.502. The maximum atomic E-state index is 11.3. The van der Waals surface area contributed by atoms with E-state index in [0.717, 1.165) is 24.8 Å². The van der Waals surface area contributed by atoms with Gasteiger partial charge in [0.05, 0.1) is 5.41 Å². The summed E-state index contributed by atoms with van der Waals surface area (Å²) in [4.78, 5) is 11.3. The molecule has 1 aromatic rings. The summed E-state index contributed by atoms with van der Waals surface area (Å²) in [5.74, 6) is -0.132. The average molecular weight is 188 g/mol. The molecule has 2 atom stereocenters. The Morgan fingerprint density at radius 3 is 3.00 bits per heavy atom. The lowest BCUT2D eigenvalue weighted by molar-refractivity contribution is -0.143. The molecule has 14 heavy (non-hydrogen) atoms. The van der Waals surface area contributed by atoms with Crippen LogP contribution < -0.4 is 0 Å². The van der Waals surface area contributed by atoms with Crippen LogP contribution in [0.3, 0.4) is 0 Å². The summed E-state index contributed by atoms with van der Waals surface area (Å²) in [5, 5.41) is 9.34. The van der Waals surface area contributed by atoms with Crippen molar-refractivity contribution in [1.29, 1.82) is 0 Å². The van der Waals surface area contributed by atoms with E-state index in [2.05, 4.69) is 6.07 Å². The maximum absolute atomic E-state index is 11.3. The molecule has 2 aliphatic rings. The smallest absolute Gasteiger partial charge is 0.314 e. The molecule has 0 aliphatic heterocycles. The lowest BCUT2D eigenvalue weighted by Gasteiger charge is -2.23. The summed E-state index contributed by atoms with van der Waals surface area (Å²) in [7, 11) is 0. The van der Waals surface area contributed by atoms with Crippen LogP contribution in [0, 0.1) is 0 Å². The summed E-state index contributed by atoms with van der Waals surface area (Å²) >= 11 is 0. The molecule has 0 unspecified atom stereocenters. The largest absolute Gasteiger partial charge is 0.481 e. The van der Waals surface area contributed by atoms with Crippen LogP contribution in [0.25, 0.3) is 0 Å². The summed E-state index contributed by atoms with van der Waals surface area (Å²) in [6.45, 7) is 0. The Bertz CT molecular complexity index is 411. The predicted molar refractivity (Wildman–Crippen MR) is 52.3 cm³/mol. The van der Waals surface area contributed by atoms with Gasteiger partial charge in [-0.25, -0.2) is 0 Å². The fourth-order valence-corrected chi connectivity index (χ4v) is 3.15. The van der Waals surface area contributed by atoms with Crippen molar-refractivity contribution < 1.29 is 9.90 Å². The van der Waals surface area contributed by atoms with Gasteiger partial charge < -0.3 is 5.11 Å². The van der Waals surface area contributed by atoms with E-state index in [-0.39, 0.29) is 0 Å². The molecule has 1 fully saturated rings. The molecule has 0 saturated heterocycles. The van der Waals surface area contributed by atoms with E-state index in [4.69, 9.17) is 0 Å². The van der Waals surface area contributed by atoms with Crippen molar-refractivity contribution in [3.05, 3.63) is 35.4 Å². The van der Waals surface area contributed by atoms with Gasteiger partial charge >= 0.3 is 5.97 Å². The fourth-order valence-electron chi connectivity index (χ4n) is 3.15. The van der Waals surface area contributed by atoms with Crippen molar-refractivity contribution >= 4 is 5.97 Å². The first-order chi connectivity index (χ1) is 6.74. The molecule has 3 rings (SSSR count). The number of benzene rings is 1. The number of rotatable bonds is 1. The Hall–Kier alpha value is -1.31. The molecule has 0 radical (unpaired) electrons. The van der Waals surface area contributed by atoms with Crippen molar-refractivity contribution in [1.82, 2.24) is 0 Å². The van der Waals surface area contributed by atoms with Crippen LogP contribution in [0.15, 0.2) is 24.3 Å². The standard InChI is InChI=1S/C12H12O2/c13-11(14)12-6-5-8(7-12)9-3-1-2-4-10(9)12/h1-4,8H,5-7H2,(H,13,14)/t8-,12-/m1/s1. The molecule has 2 aliphatic carbocycles. The number of carbonyl (C=O) groups is 1. The first-order valence-corrected chi connectivity index (χ1v) is 5.07.